The molecule has 27 heavy (non-hydrogen) atoms. The summed E-state index contributed by atoms with van der Waals surface area (Å²) in [5, 5.41) is -0.186. The van der Waals surface area contributed by atoms with Crippen molar-refractivity contribution in [3.63, 3.8) is 0 Å². The topological polar surface area (TPSA) is 76.1 Å². The lowest BCUT2D eigenvalue weighted by atomic mass is 10.1. The molecule has 144 valence electrons. The fourth-order valence-electron chi connectivity index (χ4n) is 2.62. The van der Waals surface area contributed by atoms with E-state index in [1.165, 1.54) is 12.1 Å². The zero-order valence-corrected chi connectivity index (χ0v) is 15.6. The van der Waals surface area contributed by atoms with Gasteiger partial charge < -0.3 is 0 Å². The average molecular weight is 439 g/mol. The molecular weight excluding hydrogens is 428 g/mol. The minimum absolute atomic E-state index is 0.0891. The predicted octanol–water partition coefficient (Wildman–Crippen LogP) is 4.02. The number of hydrogen-bond donors (Lipinski definition) is 1. The molecule has 1 heterocycles. The number of sulfonamides is 1. The third-order valence-corrected chi connectivity index (χ3v) is 6.09. The minimum atomic E-state index is -4.49. The standard InChI is InChI=1S/C16H11Cl2F3N2O3S/c17-13-5-10(7-22-14(13)18)27(25,26)23-15(24)12-6-11(12)8-2-1-3-9(4-8)16(19,20)21/h1-5,7,11-12H,6H2,(H,23,24)/t11-,12-/m0/s1. The van der Waals surface area contributed by atoms with Crippen molar-refractivity contribution in [2.24, 2.45) is 5.92 Å². The lowest BCUT2D eigenvalue weighted by Gasteiger charge is -2.09. The van der Waals surface area contributed by atoms with Gasteiger partial charge in [0.15, 0.2) is 0 Å². The van der Waals surface area contributed by atoms with Crippen LogP contribution < -0.4 is 4.72 Å². The lowest BCUT2D eigenvalue weighted by molar-refractivity contribution is -0.137. The number of nitrogens with one attached hydrogen (secondary N) is 1. The Balaban J connectivity index is 1.72. The molecular formula is C16H11Cl2F3N2O3S. The monoisotopic (exact) mass is 438 g/mol. The first-order chi connectivity index (χ1) is 12.5. The summed E-state index contributed by atoms with van der Waals surface area (Å²) in [7, 11) is -4.23. The Labute approximate surface area is 162 Å². The SMILES string of the molecule is O=C(NS(=O)(=O)c1cnc(Cl)c(Cl)c1)[C@H]1C[C@H]1c1cccc(C(F)(F)F)c1. The van der Waals surface area contributed by atoms with Gasteiger partial charge in [-0.3, -0.25) is 4.79 Å². The first-order valence-corrected chi connectivity index (χ1v) is 9.78. The van der Waals surface area contributed by atoms with Gasteiger partial charge in [0.1, 0.15) is 10.0 Å². The van der Waals surface area contributed by atoms with Crippen molar-refractivity contribution >= 4 is 39.1 Å². The van der Waals surface area contributed by atoms with E-state index in [0.717, 1.165) is 24.4 Å². The second kappa shape index (κ2) is 6.96. The van der Waals surface area contributed by atoms with E-state index in [1.54, 1.807) is 0 Å². The summed E-state index contributed by atoms with van der Waals surface area (Å²) < 4.78 is 64.8. The van der Waals surface area contributed by atoms with Gasteiger partial charge in [-0.25, -0.2) is 18.1 Å². The van der Waals surface area contributed by atoms with E-state index in [2.05, 4.69) is 4.98 Å². The number of pyridine rings is 1. The van der Waals surface area contributed by atoms with Crippen molar-refractivity contribution in [1.82, 2.24) is 9.71 Å². The minimum Gasteiger partial charge on any atom is -0.274 e. The average Bonchev–Trinajstić information content (AvgIpc) is 3.37. The quantitative estimate of drug-likeness (QED) is 0.731. The number of hydrogen-bond acceptors (Lipinski definition) is 4. The number of nitrogens with zero attached hydrogens (tertiary/aromatic N) is 1. The summed E-state index contributed by atoms with van der Waals surface area (Å²) in [6.07, 6.45) is -3.30. The molecule has 1 N–H and O–H groups in total. The summed E-state index contributed by atoms with van der Waals surface area (Å²) in [6, 6.07) is 5.68. The van der Waals surface area contributed by atoms with Crippen LogP contribution in [0.25, 0.3) is 0 Å². The molecule has 1 aliphatic rings. The summed E-state index contributed by atoms with van der Waals surface area (Å²) in [6.45, 7) is 0. The van der Waals surface area contributed by atoms with E-state index in [9.17, 15) is 26.4 Å². The molecule has 2 atom stereocenters. The molecule has 0 aliphatic heterocycles. The maximum absolute atomic E-state index is 12.8. The molecule has 1 aromatic heterocycles. The van der Waals surface area contributed by atoms with Crippen molar-refractivity contribution in [3.05, 3.63) is 57.8 Å². The number of aromatic nitrogens is 1. The highest BCUT2D eigenvalue weighted by Crippen LogP contribution is 2.48. The Bertz CT molecular complexity index is 1010. The Kier molecular flexibility index (Phi) is 5.13. The maximum atomic E-state index is 12.8. The Morgan fingerprint density at radius 1 is 1.22 bits per heavy atom. The number of amides is 1. The van der Waals surface area contributed by atoms with Gasteiger partial charge in [0.05, 0.1) is 10.6 Å². The highest BCUT2D eigenvalue weighted by molar-refractivity contribution is 7.90. The lowest BCUT2D eigenvalue weighted by Crippen LogP contribution is -2.32. The molecule has 5 nitrogen and oxygen atoms in total. The second-order valence-corrected chi connectivity index (χ2v) is 8.43. The molecule has 1 aromatic carbocycles. The van der Waals surface area contributed by atoms with E-state index in [-0.39, 0.29) is 21.5 Å². The highest BCUT2D eigenvalue weighted by atomic mass is 35.5. The van der Waals surface area contributed by atoms with Crippen molar-refractivity contribution < 1.29 is 26.4 Å². The van der Waals surface area contributed by atoms with Gasteiger partial charge in [0.2, 0.25) is 5.91 Å². The van der Waals surface area contributed by atoms with Gasteiger partial charge in [-0.2, -0.15) is 13.2 Å². The van der Waals surface area contributed by atoms with Gasteiger partial charge in [-0.05, 0) is 30.0 Å². The van der Waals surface area contributed by atoms with Crippen LogP contribution in [-0.2, 0) is 21.0 Å². The highest BCUT2D eigenvalue weighted by Gasteiger charge is 2.46. The van der Waals surface area contributed by atoms with Crippen LogP contribution in [0, 0.1) is 5.92 Å². The van der Waals surface area contributed by atoms with Crippen LogP contribution in [-0.4, -0.2) is 19.3 Å². The molecule has 3 rings (SSSR count). The van der Waals surface area contributed by atoms with E-state index >= 15 is 0 Å². The number of carbonyl (C=O) groups excluding carboxylic acids is 1. The van der Waals surface area contributed by atoms with Crippen molar-refractivity contribution in [2.45, 2.75) is 23.4 Å². The van der Waals surface area contributed by atoms with Crippen molar-refractivity contribution in [1.29, 1.82) is 0 Å². The third-order valence-electron chi connectivity index (χ3n) is 4.09. The van der Waals surface area contributed by atoms with Crippen LogP contribution >= 0.6 is 23.2 Å². The van der Waals surface area contributed by atoms with E-state index < -0.39 is 39.5 Å². The summed E-state index contributed by atoms with van der Waals surface area (Å²) in [5.74, 6) is -2.02. The number of halogens is 5. The number of carbonyl (C=O) groups is 1. The zero-order chi connectivity index (χ0) is 20.0. The molecule has 0 bridgehead atoms. The van der Waals surface area contributed by atoms with Crippen LogP contribution in [0.15, 0.2) is 41.4 Å². The van der Waals surface area contributed by atoms with Gasteiger partial charge in [0, 0.05) is 12.1 Å². The molecule has 1 fully saturated rings. The smallest absolute Gasteiger partial charge is 0.274 e. The summed E-state index contributed by atoms with van der Waals surface area (Å²) >= 11 is 11.3. The Morgan fingerprint density at radius 2 is 1.93 bits per heavy atom. The summed E-state index contributed by atoms with van der Waals surface area (Å²) in [5.41, 5.74) is -0.487. The Morgan fingerprint density at radius 3 is 2.56 bits per heavy atom. The molecule has 11 heteroatoms. The second-order valence-electron chi connectivity index (χ2n) is 5.99. The largest absolute Gasteiger partial charge is 0.416 e. The number of rotatable bonds is 4. The Hall–Kier alpha value is -1.84. The van der Waals surface area contributed by atoms with Gasteiger partial charge in [-0.15, -0.1) is 0 Å². The molecule has 0 unspecified atom stereocenters. The molecule has 2 aromatic rings. The molecule has 1 aliphatic carbocycles. The third kappa shape index (κ3) is 4.36. The first kappa shape index (κ1) is 19.9. The van der Waals surface area contributed by atoms with Crippen LogP contribution in [0.4, 0.5) is 13.2 Å². The molecule has 0 spiro atoms. The normalized spacial score (nSPS) is 19.6. The van der Waals surface area contributed by atoms with Gasteiger partial charge in [0.25, 0.3) is 10.0 Å². The number of benzene rings is 1. The van der Waals surface area contributed by atoms with Gasteiger partial charge in [-0.1, -0.05) is 41.4 Å². The molecule has 0 saturated heterocycles. The van der Waals surface area contributed by atoms with E-state index in [0.29, 0.717) is 5.56 Å². The first-order valence-electron chi connectivity index (χ1n) is 7.54. The van der Waals surface area contributed by atoms with Crippen LogP contribution in [0.3, 0.4) is 0 Å². The maximum Gasteiger partial charge on any atom is 0.416 e. The van der Waals surface area contributed by atoms with Crippen LogP contribution in [0.1, 0.15) is 23.5 Å². The molecule has 0 radical (unpaired) electrons. The van der Waals surface area contributed by atoms with Crippen molar-refractivity contribution in [3.8, 4) is 0 Å². The van der Waals surface area contributed by atoms with Crippen molar-refractivity contribution in [2.75, 3.05) is 0 Å². The van der Waals surface area contributed by atoms with Crippen LogP contribution in [0.5, 0.6) is 0 Å². The molecule has 1 amide bonds. The zero-order valence-electron chi connectivity index (χ0n) is 13.3. The van der Waals surface area contributed by atoms with Gasteiger partial charge >= 0.3 is 6.18 Å². The van der Waals surface area contributed by atoms with Crippen LogP contribution in [0.2, 0.25) is 10.2 Å². The fraction of sp³-hybridized carbons (Fsp3) is 0.250. The fourth-order valence-corrected chi connectivity index (χ4v) is 3.95. The number of alkyl halides is 3. The predicted molar refractivity (Wildman–Crippen MR) is 91.9 cm³/mol. The molecule has 1 saturated carbocycles. The van der Waals surface area contributed by atoms with E-state index in [4.69, 9.17) is 23.2 Å². The summed E-state index contributed by atoms with van der Waals surface area (Å²) in [4.78, 5) is 15.5. The van der Waals surface area contributed by atoms with E-state index in [1.807, 2.05) is 4.72 Å².